The van der Waals surface area contributed by atoms with E-state index in [4.69, 9.17) is 4.98 Å². The van der Waals surface area contributed by atoms with Crippen LogP contribution in [0.15, 0.2) is 48.5 Å². The van der Waals surface area contributed by atoms with Crippen molar-refractivity contribution in [1.82, 2.24) is 4.98 Å². The normalized spacial score (nSPS) is 15.5. The van der Waals surface area contributed by atoms with Crippen LogP contribution in [0, 0.1) is 6.92 Å². The SMILES string of the molecule is Cc1c2c(nc3ccccc13)-c1ccccc1C(C)(C)C2=O. The fraction of sp³-hybridized carbons (Fsp3) is 0.200. The Morgan fingerprint density at radius 2 is 1.64 bits per heavy atom. The van der Waals surface area contributed by atoms with Crippen molar-refractivity contribution in [2.45, 2.75) is 26.2 Å². The van der Waals surface area contributed by atoms with Crippen LogP contribution in [0.25, 0.3) is 22.2 Å². The molecule has 0 radical (unpaired) electrons. The molecule has 2 heteroatoms. The van der Waals surface area contributed by atoms with Gasteiger partial charge in [-0.15, -0.1) is 0 Å². The Balaban J connectivity index is 2.20. The number of nitrogens with zero attached hydrogens (tertiary/aromatic N) is 1. The molecule has 0 amide bonds. The van der Waals surface area contributed by atoms with E-state index in [9.17, 15) is 4.79 Å². The number of benzene rings is 2. The summed E-state index contributed by atoms with van der Waals surface area (Å²) in [7, 11) is 0. The largest absolute Gasteiger partial charge is 0.293 e. The summed E-state index contributed by atoms with van der Waals surface area (Å²) in [4.78, 5) is 17.9. The van der Waals surface area contributed by atoms with Gasteiger partial charge < -0.3 is 0 Å². The van der Waals surface area contributed by atoms with Crippen molar-refractivity contribution in [3.05, 3.63) is 65.2 Å². The number of para-hydroxylation sites is 1. The maximum absolute atomic E-state index is 13.1. The lowest BCUT2D eigenvalue weighted by Gasteiger charge is -2.33. The summed E-state index contributed by atoms with van der Waals surface area (Å²) < 4.78 is 0. The summed E-state index contributed by atoms with van der Waals surface area (Å²) in [5.41, 5.74) is 5.22. The molecule has 0 atom stereocenters. The number of carbonyl (C=O) groups is 1. The molecule has 4 rings (SSSR count). The van der Waals surface area contributed by atoms with Crippen LogP contribution in [0.1, 0.15) is 35.3 Å². The highest BCUT2D eigenvalue weighted by Crippen LogP contribution is 2.44. The molecule has 2 nitrogen and oxygen atoms in total. The van der Waals surface area contributed by atoms with E-state index in [2.05, 4.69) is 6.07 Å². The lowest BCUT2D eigenvalue weighted by molar-refractivity contribution is 0.0906. The first-order chi connectivity index (χ1) is 10.5. The minimum Gasteiger partial charge on any atom is -0.293 e. The molecule has 0 bridgehead atoms. The topological polar surface area (TPSA) is 30.0 Å². The molecule has 0 spiro atoms. The summed E-state index contributed by atoms with van der Waals surface area (Å²) in [6, 6.07) is 16.2. The number of fused-ring (bicyclic) bond motifs is 4. The number of rotatable bonds is 0. The molecule has 1 aliphatic carbocycles. The summed E-state index contributed by atoms with van der Waals surface area (Å²) in [6.07, 6.45) is 0. The van der Waals surface area contributed by atoms with Gasteiger partial charge in [0.2, 0.25) is 0 Å². The second-order valence-electron chi connectivity index (χ2n) is 6.48. The van der Waals surface area contributed by atoms with Crippen LogP contribution in [-0.2, 0) is 5.41 Å². The Hall–Kier alpha value is -2.48. The fourth-order valence-electron chi connectivity index (χ4n) is 3.52. The number of ketones is 1. The van der Waals surface area contributed by atoms with Gasteiger partial charge in [0.1, 0.15) is 0 Å². The maximum Gasteiger partial charge on any atom is 0.175 e. The quantitative estimate of drug-likeness (QED) is 0.600. The number of hydrogen-bond acceptors (Lipinski definition) is 2. The van der Waals surface area contributed by atoms with Crippen LogP contribution in [0.5, 0.6) is 0 Å². The van der Waals surface area contributed by atoms with E-state index in [1.807, 2.05) is 63.2 Å². The molecule has 108 valence electrons. The third-order valence-electron chi connectivity index (χ3n) is 4.80. The van der Waals surface area contributed by atoms with Gasteiger partial charge in [0.25, 0.3) is 0 Å². The van der Waals surface area contributed by atoms with Crippen molar-refractivity contribution >= 4 is 16.7 Å². The Morgan fingerprint density at radius 1 is 0.955 bits per heavy atom. The molecule has 22 heavy (non-hydrogen) atoms. The zero-order valence-corrected chi connectivity index (χ0v) is 13.0. The summed E-state index contributed by atoms with van der Waals surface area (Å²) in [6.45, 7) is 6.04. The zero-order chi connectivity index (χ0) is 15.5. The van der Waals surface area contributed by atoms with Crippen LogP contribution in [0.2, 0.25) is 0 Å². The van der Waals surface area contributed by atoms with Gasteiger partial charge in [-0.05, 0) is 38.0 Å². The van der Waals surface area contributed by atoms with Crippen LogP contribution < -0.4 is 0 Å². The molecule has 0 N–H and O–H groups in total. The summed E-state index contributed by atoms with van der Waals surface area (Å²) in [5.74, 6) is 0.164. The summed E-state index contributed by atoms with van der Waals surface area (Å²) in [5, 5.41) is 1.06. The van der Waals surface area contributed by atoms with Gasteiger partial charge >= 0.3 is 0 Å². The van der Waals surface area contributed by atoms with E-state index in [1.54, 1.807) is 0 Å². The van der Waals surface area contributed by atoms with Crippen molar-refractivity contribution in [3.8, 4) is 11.3 Å². The zero-order valence-electron chi connectivity index (χ0n) is 13.0. The first kappa shape index (κ1) is 13.2. The second-order valence-corrected chi connectivity index (χ2v) is 6.48. The van der Waals surface area contributed by atoms with Crippen molar-refractivity contribution in [1.29, 1.82) is 0 Å². The van der Waals surface area contributed by atoms with E-state index in [0.717, 1.165) is 38.9 Å². The Labute approximate surface area is 129 Å². The predicted octanol–water partition coefficient (Wildman–Crippen LogP) is 4.68. The fourth-order valence-corrected chi connectivity index (χ4v) is 3.52. The molecule has 1 heterocycles. The van der Waals surface area contributed by atoms with E-state index >= 15 is 0 Å². The summed E-state index contributed by atoms with van der Waals surface area (Å²) >= 11 is 0. The van der Waals surface area contributed by atoms with E-state index in [0.29, 0.717) is 0 Å². The lowest BCUT2D eigenvalue weighted by atomic mass is 9.69. The van der Waals surface area contributed by atoms with Crippen LogP contribution >= 0.6 is 0 Å². The first-order valence-corrected chi connectivity index (χ1v) is 7.56. The Morgan fingerprint density at radius 3 is 2.45 bits per heavy atom. The second kappa shape index (κ2) is 4.26. The number of Topliss-reactive ketones (excluding diaryl/α,β-unsaturated/α-hetero) is 1. The number of pyridine rings is 1. The van der Waals surface area contributed by atoms with Gasteiger partial charge in [-0.3, -0.25) is 4.79 Å². The lowest BCUT2D eigenvalue weighted by Crippen LogP contribution is -2.34. The number of carbonyl (C=O) groups excluding carboxylic acids is 1. The molecular weight excluding hydrogens is 270 g/mol. The molecule has 1 aromatic heterocycles. The Kier molecular flexibility index (Phi) is 2.56. The minimum atomic E-state index is -0.515. The molecule has 2 aromatic carbocycles. The van der Waals surface area contributed by atoms with Crippen LogP contribution in [0.4, 0.5) is 0 Å². The first-order valence-electron chi connectivity index (χ1n) is 7.56. The number of aromatic nitrogens is 1. The molecule has 0 saturated heterocycles. The van der Waals surface area contributed by atoms with E-state index in [1.165, 1.54) is 0 Å². The van der Waals surface area contributed by atoms with Gasteiger partial charge in [-0.25, -0.2) is 4.98 Å². The van der Waals surface area contributed by atoms with Gasteiger partial charge in [-0.2, -0.15) is 0 Å². The highest BCUT2D eigenvalue weighted by molar-refractivity contribution is 6.14. The molecular formula is C20H17NO. The van der Waals surface area contributed by atoms with E-state index < -0.39 is 5.41 Å². The highest BCUT2D eigenvalue weighted by atomic mass is 16.1. The predicted molar refractivity (Wildman–Crippen MR) is 89.3 cm³/mol. The molecule has 0 unspecified atom stereocenters. The Bertz CT molecular complexity index is 938. The molecule has 3 aromatic rings. The third-order valence-corrected chi connectivity index (χ3v) is 4.80. The van der Waals surface area contributed by atoms with Crippen LogP contribution in [0.3, 0.4) is 0 Å². The molecule has 0 aliphatic heterocycles. The van der Waals surface area contributed by atoms with E-state index in [-0.39, 0.29) is 5.78 Å². The van der Waals surface area contributed by atoms with Crippen molar-refractivity contribution in [2.75, 3.05) is 0 Å². The smallest absolute Gasteiger partial charge is 0.175 e. The van der Waals surface area contributed by atoms with Crippen molar-refractivity contribution < 1.29 is 4.79 Å². The van der Waals surface area contributed by atoms with Gasteiger partial charge in [0.05, 0.1) is 16.6 Å². The van der Waals surface area contributed by atoms with Crippen molar-refractivity contribution in [3.63, 3.8) is 0 Å². The standard InChI is InChI=1S/C20H17NO/c1-12-13-8-5-7-11-16(13)21-18-14-9-4-6-10-15(14)20(2,3)19(22)17(12)18/h4-11H,1-3H3. The molecule has 0 saturated carbocycles. The molecule has 1 aliphatic rings. The van der Waals surface area contributed by atoms with Gasteiger partial charge in [-0.1, -0.05) is 42.5 Å². The average molecular weight is 287 g/mol. The highest BCUT2D eigenvalue weighted by Gasteiger charge is 2.40. The molecule has 0 fully saturated rings. The van der Waals surface area contributed by atoms with Crippen molar-refractivity contribution in [2.24, 2.45) is 0 Å². The maximum atomic E-state index is 13.1. The number of aryl methyl sites for hydroxylation is 1. The third kappa shape index (κ3) is 1.55. The van der Waals surface area contributed by atoms with Crippen LogP contribution in [-0.4, -0.2) is 10.8 Å². The van der Waals surface area contributed by atoms with Gasteiger partial charge in [0, 0.05) is 16.5 Å². The average Bonchev–Trinajstić information content (AvgIpc) is 2.53. The monoisotopic (exact) mass is 287 g/mol. The number of hydrogen-bond donors (Lipinski definition) is 0. The minimum absolute atomic E-state index is 0.164. The van der Waals surface area contributed by atoms with Gasteiger partial charge in [0.15, 0.2) is 5.78 Å².